The lowest BCUT2D eigenvalue weighted by atomic mass is 9.99. The number of aryl methyl sites for hydroxylation is 3. The molecule has 26 heavy (non-hydrogen) atoms. The van der Waals surface area contributed by atoms with Gasteiger partial charge >= 0.3 is 5.97 Å². The van der Waals surface area contributed by atoms with Gasteiger partial charge in [-0.3, -0.25) is 8.99 Å². The highest BCUT2D eigenvalue weighted by Gasteiger charge is 2.35. The van der Waals surface area contributed by atoms with Crippen molar-refractivity contribution in [3.8, 4) is 0 Å². The normalized spacial score (nSPS) is 16.9. The van der Waals surface area contributed by atoms with Crippen molar-refractivity contribution in [1.29, 1.82) is 0 Å². The Balaban J connectivity index is 1.82. The van der Waals surface area contributed by atoms with Gasteiger partial charge in [-0.05, 0) is 62.3 Å². The molecule has 0 saturated heterocycles. The fraction of sp³-hybridized carbons (Fsp3) is 0.444. The highest BCUT2D eigenvalue weighted by atomic mass is 32.2. The molecule has 1 aromatic heterocycles. The van der Waals surface area contributed by atoms with E-state index in [9.17, 15) is 18.3 Å². The molecule has 0 bridgehead atoms. The molecular weight excluding hydrogens is 354 g/mol. The van der Waals surface area contributed by atoms with Crippen LogP contribution in [0.2, 0.25) is 0 Å². The number of hydrogen-bond donors (Lipinski definition) is 1. The molecule has 0 fully saturated rings. The molecule has 2 heterocycles. The van der Waals surface area contributed by atoms with Gasteiger partial charge < -0.3 is 5.11 Å². The molecule has 4 rings (SSSR count). The summed E-state index contributed by atoms with van der Waals surface area (Å²) < 4.78 is 29.9. The summed E-state index contributed by atoms with van der Waals surface area (Å²) in [5.74, 6) is -1.01. The summed E-state index contributed by atoms with van der Waals surface area (Å²) in [6.07, 6.45) is 4.89. The lowest BCUT2D eigenvalue weighted by molar-refractivity contribution is 0.0696. The van der Waals surface area contributed by atoms with Crippen LogP contribution in [0.5, 0.6) is 0 Å². The van der Waals surface area contributed by atoms with E-state index in [1.54, 1.807) is 19.2 Å². The average molecular weight is 375 g/mol. The van der Waals surface area contributed by atoms with Gasteiger partial charge in [-0.15, -0.1) is 0 Å². The maximum absolute atomic E-state index is 13.5. The molecule has 0 atom stereocenters. The number of aromatic carboxylic acids is 1. The second kappa shape index (κ2) is 6.12. The van der Waals surface area contributed by atoms with Crippen molar-refractivity contribution in [2.45, 2.75) is 43.6 Å². The zero-order valence-electron chi connectivity index (χ0n) is 14.6. The molecule has 138 valence electrons. The van der Waals surface area contributed by atoms with Crippen molar-refractivity contribution >= 4 is 21.7 Å². The van der Waals surface area contributed by atoms with E-state index in [2.05, 4.69) is 5.10 Å². The summed E-state index contributed by atoms with van der Waals surface area (Å²) >= 11 is 0. The predicted molar refractivity (Wildman–Crippen MR) is 96.1 cm³/mol. The van der Waals surface area contributed by atoms with Gasteiger partial charge in [0.15, 0.2) is 5.03 Å². The second-order valence-electron chi connectivity index (χ2n) is 6.89. The van der Waals surface area contributed by atoms with Crippen LogP contribution in [0.3, 0.4) is 0 Å². The number of carboxylic acids is 1. The summed E-state index contributed by atoms with van der Waals surface area (Å²) in [5, 5.41) is 13.9. The molecule has 7 nitrogen and oxygen atoms in total. The van der Waals surface area contributed by atoms with E-state index in [4.69, 9.17) is 0 Å². The van der Waals surface area contributed by atoms with E-state index in [1.165, 1.54) is 15.1 Å². The van der Waals surface area contributed by atoms with Gasteiger partial charge in [-0.1, -0.05) is 0 Å². The molecule has 0 saturated carbocycles. The van der Waals surface area contributed by atoms with Gasteiger partial charge in [0, 0.05) is 19.2 Å². The molecule has 8 heteroatoms. The van der Waals surface area contributed by atoms with Crippen LogP contribution in [-0.4, -0.2) is 35.8 Å². The minimum absolute atomic E-state index is 0.181. The number of aromatic nitrogens is 2. The molecule has 0 amide bonds. The third-order valence-electron chi connectivity index (χ3n) is 5.20. The highest BCUT2D eigenvalue weighted by molar-refractivity contribution is 7.92. The average Bonchev–Trinajstić information content (AvgIpc) is 2.97. The third-order valence-corrected chi connectivity index (χ3v) is 7.16. The van der Waals surface area contributed by atoms with Crippen molar-refractivity contribution in [3.05, 3.63) is 40.6 Å². The fourth-order valence-electron chi connectivity index (χ4n) is 4.02. The number of anilines is 1. The minimum Gasteiger partial charge on any atom is -0.478 e. The van der Waals surface area contributed by atoms with Gasteiger partial charge in [-0.25, -0.2) is 4.79 Å². The molecule has 0 unspecified atom stereocenters. The molecule has 2 aliphatic rings. The van der Waals surface area contributed by atoms with Crippen molar-refractivity contribution in [3.63, 3.8) is 0 Å². The van der Waals surface area contributed by atoms with Crippen molar-refractivity contribution in [2.24, 2.45) is 7.05 Å². The SMILES string of the molecule is Cn1nc2c(c1S(=O)(=O)N1CCCc3cc(C(=O)O)ccc31)CCCC2. The second-order valence-corrected chi connectivity index (χ2v) is 8.67. The van der Waals surface area contributed by atoms with E-state index in [0.29, 0.717) is 25.1 Å². The van der Waals surface area contributed by atoms with E-state index >= 15 is 0 Å². The van der Waals surface area contributed by atoms with Crippen LogP contribution in [-0.2, 0) is 36.3 Å². The number of benzene rings is 1. The van der Waals surface area contributed by atoms with Crippen molar-refractivity contribution in [1.82, 2.24) is 9.78 Å². The van der Waals surface area contributed by atoms with E-state index in [-0.39, 0.29) is 10.6 Å². The zero-order valence-corrected chi connectivity index (χ0v) is 15.4. The lowest BCUT2D eigenvalue weighted by Crippen LogP contribution is -2.37. The number of sulfonamides is 1. The summed E-state index contributed by atoms with van der Waals surface area (Å²) in [5.41, 5.74) is 3.24. The Morgan fingerprint density at radius 2 is 1.92 bits per heavy atom. The number of hydrogen-bond acceptors (Lipinski definition) is 4. The third kappa shape index (κ3) is 2.59. The van der Waals surface area contributed by atoms with E-state index in [1.807, 2.05) is 0 Å². The molecule has 2 aromatic rings. The highest BCUT2D eigenvalue weighted by Crippen LogP contribution is 2.35. The standard InChI is InChI=1S/C18H21N3O4S/c1-20-17(14-6-2-3-7-15(14)19-20)26(24,25)21-10-4-5-12-11-13(18(22)23)8-9-16(12)21/h8-9,11H,2-7,10H2,1H3,(H,22,23). The summed E-state index contributed by atoms with van der Waals surface area (Å²) in [6.45, 7) is 0.391. The number of rotatable bonds is 3. The Kier molecular flexibility index (Phi) is 4.02. The van der Waals surface area contributed by atoms with Gasteiger partial charge in [0.2, 0.25) is 0 Å². The maximum atomic E-state index is 13.5. The summed E-state index contributed by atoms with van der Waals surface area (Å²) in [7, 11) is -2.07. The quantitative estimate of drug-likeness (QED) is 0.887. The molecule has 1 aromatic carbocycles. The molecule has 1 N–H and O–H groups in total. The monoisotopic (exact) mass is 375 g/mol. The van der Waals surface area contributed by atoms with Crippen LogP contribution in [0, 0.1) is 0 Å². The largest absolute Gasteiger partial charge is 0.478 e. The molecule has 1 aliphatic carbocycles. The smallest absolute Gasteiger partial charge is 0.335 e. The first-order valence-electron chi connectivity index (χ1n) is 8.83. The van der Waals surface area contributed by atoms with Crippen LogP contribution in [0.1, 0.15) is 46.4 Å². The van der Waals surface area contributed by atoms with Crippen molar-refractivity contribution < 1.29 is 18.3 Å². The minimum atomic E-state index is -3.75. The van der Waals surface area contributed by atoms with Crippen LogP contribution in [0.15, 0.2) is 23.2 Å². The van der Waals surface area contributed by atoms with Gasteiger partial charge in [0.1, 0.15) is 0 Å². The van der Waals surface area contributed by atoms with Gasteiger partial charge in [-0.2, -0.15) is 13.5 Å². The topological polar surface area (TPSA) is 92.5 Å². The van der Waals surface area contributed by atoms with Crippen LogP contribution in [0.4, 0.5) is 5.69 Å². The molecule has 1 aliphatic heterocycles. The number of nitrogens with zero attached hydrogens (tertiary/aromatic N) is 3. The first kappa shape index (κ1) is 17.1. The first-order chi connectivity index (χ1) is 12.4. The Hall–Kier alpha value is -2.35. The Labute approximate surface area is 152 Å². The van der Waals surface area contributed by atoms with E-state index in [0.717, 1.165) is 42.5 Å². The van der Waals surface area contributed by atoms with Gasteiger partial charge in [0.05, 0.1) is 16.9 Å². The molecule has 0 radical (unpaired) electrons. The maximum Gasteiger partial charge on any atom is 0.335 e. The lowest BCUT2D eigenvalue weighted by Gasteiger charge is -2.31. The number of carbonyl (C=O) groups is 1. The Morgan fingerprint density at radius 3 is 2.69 bits per heavy atom. The summed E-state index contributed by atoms with van der Waals surface area (Å²) in [4.78, 5) is 11.2. The summed E-state index contributed by atoms with van der Waals surface area (Å²) in [6, 6.07) is 4.66. The van der Waals surface area contributed by atoms with Crippen LogP contribution < -0.4 is 4.31 Å². The fourth-order valence-corrected chi connectivity index (χ4v) is 5.95. The van der Waals surface area contributed by atoms with Crippen LogP contribution in [0.25, 0.3) is 0 Å². The van der Waals surface area contributed by atoms with Gasteiger partial charge in [0.25, 0.3) is 10.0 Å². The van der Waals surface area contributed by atoms with Crippen LogP contribution >= 0.6 is 0 Å². The van der Waals surface area contributed by atoms with Crippen molar-refractivity contribution in [2.75, 3.05) is 10.8 Å². The first-order valence-corrected chi connectivity index (χ1v) is 10.3. The number of carboxylic acid groups (broad SMARTS) is 1. The zero-order chi connectivity index (χ0) is 18.5. The Bertz CT molecular complexity index is 994. The Morgan fingerprint density at radius 1 is 1.15 bits per heavy atom. The molecule has 0 spiro atoms. The van der Waals surface area contributed by atoms with E-state index < -0.39 is 16.0 Å². The molecular formula is C18H21N3O4S. The predicted octanol–water partition coefficient (Wildman–Crippen LogP) is 2.14. The number of fused-ring (bicyclic) bond motifs is 2.